The molecule has 2 aromatic carbocycles. The molecule has 9 nitrogen and oxygen atoms in total. The van der Waals surface area contributed by atoms with E-state index in [2.05, 4.69) is 32.3 Å². The number of aromatic nitrogens is 2. The number of imidazole rings is 1. The first-order valence-electron chi connectivity index (χ1n) is 10.4. The van der Waals surface area contributed by atoms with Gasteiger partial charge in [0.25, 0.3) is 0 Å². The van der Waals surface area contributed by atoms with Crippen LogP contribution in [0.1, 0.15) is 25.3 Å². The minimum Gasteiger partial charge on any atom is -0.464 e. The number of halogens is 1. The Kier molecular flexibility index (Phi) is 8.67. The number of nitriles is 1. The molecule has 0 fully saturated rings. The van der Waals surface area contributed by atoms with E-state index >= 15 is 0 Å². The maximum atomic E-state index is 12.6. The Morgan fingerprint density at radius 1 is 1.26 bits per heavy atom. The van der Waals surface area contributed by atoms with E-state index < -0.39 is 23.8 Å². The highest BCUT2D eigenvalue weighted by Crippen LogP contribution is 2.32. The lowest BCUT2D eigenvalue weighted by Gasteiger charge is -2.17. The quantitative estimate of drug-likeness (QED) is 0.295. The number of nitrogens with zero attached hydrogens (tertiary/aromatic N) is 3. The number of hydrogen-bond donors (Lipinski definition) is 2. The van der Waals surface area contributed by atoms with Crippen molar-refractivity contribution < 1.29 is 19.1 Å². The fraction of sp³-hybridized carbons (Fsp3) is 0.261. The molecule has 0 radical (unpaired) electrons. The van der Waals surface area contributed by atoms with Gasteiger partial charge in [-0.2, -0.15) is 5.26 Å². The van der Waals surface area contributed by atoms with Gasteiger partial charge < -0.3 is 15.8 Å². The Hall–Kier alpha value is -3.36. The molecule has 3 N–H and O–H groups in total. The number of nitrogens with one attached hydrogen (secondary N) is 1. The first-order valence-corrected chi connectivity index (χ1v) is 12.2. The van der Waals surface area contributed by atoms with Crippen molar-refractivity contribution in [3.05, 3.63) is 52.8 Å². The molecule has 1 unspecified atom stereocenters. The van der Waals surface area contributed by atoms with Crippen molar-refractivity contribution in [1.82, 2.24) is 14.9 Å². The van der Waals surface area contributed by atoms with Gasteiger partial charge in [-0.05, 0) is 41.4 Å². The van der Waals surface area contributed by atoms with Crippen molar-refractivity contribution in [2.24, 2.45) is 5.73 Å². The van der Waals surface area contributed by atoms with Gasteiger partial charge in [0.05, 0.1) is 35.9 Å². The van der Waals surface area contributed by atoms with Crippen molar-refractivity contribution >= 4 is 56.2 Å². The number of fused-ring (bicyclic) bond motifs is 1. The summed E-state index contributed by atoms with van der Waals surface area (Å²) in [6.45, 7) is 1.81. The number of thioether (sulfide) groups is 1. The molecule has 2 amide bonds. The summed E-state index contributed by atoms with van der Waals surface area (Å²) < 4.78 is 7.50. The second kappa shape index (κ2) is 11.7. The summed E-state index contributed by atoms with van der Waals surface area (Å²) in [7, 11) is 0. The van der Waals surface area contributed by atoms with Crippen molar-refractivity contribution in [3.8, 4) is 11.8 Å². The standard InChI is InChI=1S/C23H22BrN5O4S/c1-2-33-22(32)17(8-10-20(26)30)28-21(31)13-34-23-27-12-19(24)29(23)18-9-7-14(11-25)15-5-3-4-6-16(15)18/h3-7,9,12,17H,2,8,10,13H2,1H3,(H2,26,30)(H,28,31). The molecule has 0 saturated carbocycles. The second-order valence-corrected chi connectivity index (χ2v) is 8.91. The summed E-state index contributed by atoms with van der Waals surface area (Å²) in [5.41, 5.74) is 6.53. The highest BCUT2D eigenvalue weighted by molar-refractivity contribution is 9.10. The van der Waals surface area contributed by atoms with Crippen LogP contribution in [-0.4, -0.2) is 45.7 Å². The van der Waals surface area contributed by atoms with Gasteiger partial charge in [0.2, 0.25) is 11.8 Å². The first-order chi connectivity index (χ1) is 16.3. The third-order valence-electron chi connectivity index (χ3n) is 4.87. The van der Waals surface area contributed by atoms with Crippen molar-refractivity contribution in [1.29, 1.82) is 5.26 Å². The average molecular weight is 544 g/mol. The van der Waals surface area contributed by atoms with E-state index in [9.17, 15) is 19.6 Å². The van der Waals surface area contributed by atoms with Crippen molar-refractivity contribution in [2.75, 3.05) is 12.4 Å². The van der Waals surface area contributed by atoms with Gasteiger partial charge in [0.1, 0.15) is 10.6 Å². The molecule has 0 saturated heterocycles. The Labute approximate surface area is 208 Å². The van der Waals surface area contributed by atoms with Gasteiger partial charge in [0, 0.05) is 17.2 Å². The molecule has 3 rings (SSSR count). The molecule has 0 spiro atoms. The normalized spacial score (nSPS) is 11.6. The summed E-state index contributed by atoms with van der Waals surface area (Å²) in [5.74, 6) is -1.62. The maximum absolute atomic E-state index is 12.6. The second-order valence-electron chi connectivity index (χ2n) is 7.15. The van der Waals surface area contributed by atoms with E-state index in [4.69, 9.17) is 10.5 Å². The number of primary amides is 1. The maximum Gasteiger partial charge on any atom is 0.328 e. The average Bonchev–Trinajstić information content (AvgIpc) is 3.19. The molecule has 1 heterocycles. The molecule has 1 aromatic heterocycles. The number of benzene rings is 2. The summed E-state index contributed by atoms with van der Waals surface area (Å²) in [5, 5.41) is 14.3. The van der Waals surface area contributed by atoms with E-state index in [-0.39, 0.29) is 25.2 Å². The van der Waals surface area contributed by atoms with Crippen LogP contribution in [0.15, 0.2) is 52.4 Å². The molecule has 176 valence electrons. The van der Waals surface area contributed by atoms with Crippen LogP contribution in [0.4, 0.5) is 0 Å². The molecule has 0 aliphatic carbocycles. The highest BCUT2D eigenvalue weighted by Gasteiger charge is 2.23. The van der Waals surface area contributed by atoms with Gasteiger partial charge in [-0.25, -0.2) is 9.78 Å². The minimum absolute atomic E-state index is 0.0237. The summed E-state index contributed by atoms with van der Waals surface area (Å²) in [4.78, 5) is 40.2. The van der Waals surface area contributed by atoms with E-state index in [1.165, 1.54) is 11.8 Å². The van der Waals surface area contributed by atoms with Gasteiger partial charge in [-0.1, -0.05) is 36.0 Å². The number of carbonyl (C=O) groups is 3. The number of hydrogen-bond acceptors (Lipinski definition) is 7. The van der Waals surface area contributed by atoms with E-state index in [0.29, 0.717) is 15.3 Å². The Bertz CT molecular complexity index is 1270. The molecule has 11 heteroatoms. The van der Waals surface area contributed by atoms with Crippen LogP contribution >= 0.6 is 27.7 Å². The largest absolute Gasteiger partial charge is 0.464 e. The van der Waals surface area contributed by atoms with Crippen LogP contribution in [0.5, 0.6) is 0 Å². The number of nitrogens with two attached hydrogens (primary N) is 1. The van der Waals surface area contributed by atoms with Gasteiger partial charge in [-0.3, -0.25) is 14.2 Å². The molecule has 34 heavy (non-hydrogen) atoms. The smallest absolute Gasteiger partial charge is 0.328 e. The van der Waals surface area contributed by atoms with Crippen molar-refractivity contribution in [2.45, 2.75) is 31.0 Å². The van der Waals surface area contributed by atoms with E-state index in [1.807, 2.05) is 34.9 Å². The molecule has 3 aromatic rings. The van der Waals surface area contributed by atoms with Crippen LogP contribution in [0, 0.1) is 11.3 Å². The van der Waals surface area contributed by atoms with Gasteiger partial charge in [0.15, 0.2) is 5.16 Å². The summed E-state index contributed by atoms with van der Waals surface area (Å²) >= 11 is 4.69. The van der Waals surface area contributed by atoms with E-state index in [0.717, 1.165) is 16.5 Å². The zero-order valence-corrected chi connectivity index (χ0v) is 20.7. The number of esters is 1. The summed E-state index contributed by atoms with van der Waals surface area (Å²) in [6.07, 6.45) is 1.63. The van der Waals surface area contributed by atoms with Crippen molar-refractivity contribution in [3.63, 3.8) is 0 Å². The number of carbonyl (C=O) groups excluding carboxylic acids is 3. The van der Waals surface area contributed by atoms with Gasteiger partial charge >= 0.3 is 5.97 Å². The van der Waals surface area contributed by atoms with Gasteiger partial charge in [-0.15, -0.1) is 0 Å². The Morgan fingerprint density at radius 2 is 2.00 bits per heavy atom. The van der Waals surface area contributed by atoms with E-state index in [1.54, 1.807) is 19.2 Å². The molecule has 1 atom stereocenters. The minimum atomic E-state index is -0.963. The predicted octanol–water partition coefficient (Wildman–Crippen LogP) is 3.07. The number of rotatable bonds is 10. The fourth-order valence-electron chi connectivity index (χ4n) is 3.36. The lowest BCUT2D eigenvalue weighted by atomic mass is 10.0. The predicted molar refractivity (Wildman–Crippen MR) is 131 cm³/mol. The SMILES string of the molecule is CCOC(=O)C(CCC(N)=O)NC(=O)CSc1ncc(Br)n1-c1ccc(C#N)c2ccccc12. The third-order valence-corrected chi connectivity index (χ3v) is 6.38. The lowest BCUT2D eigenvalue weighted by molar-refractivity contribution is -0.147. The Balaban J connectivity index is 1.80. The zero-order chi connectivity index (χ0) is 24.7. The molecular formula is C23H22BrN5O4S. The molecule has 0 aliphatic rings. The molecular weight excluding hydrogens is 522 g/mol. The summed E-state index contributed by atoms with van der Waals surface area (Å²) in [6, 6.07) is 12.4. The highest BCUT2D eigenvalue weighted by atomic mass is 79.9. The lowest BCUT2D eigenvalue weighted by Crippen LogP contribution is -2.43. The Morgan fingerprint density at radius 3 is 2.68 bits per heavy atom. The monoisotopic (exact) mass is 543 g/mol. The number of amides is 2. The third kappa shape index (κ3) is 5.95. The van der Waals surface area contributed by atoms with Crippen LogP contribution < -0.4 is 11.1 Å². The van der Waals surface area contributed by atoms with Crippen LogP contribution in [0.3, 0.4) is 0 Å². The molecule has 0 aliphatic heterocycles. The number of ether oxygens (including phenoxy) is 1. The van der Waals surface area contributed by atoms with Crippen LogP contribution in [0.2, 0.25) is 0 Å². The first kappa shape index (κ1) is 25.3. The zero-order valence-electron chi connectivity index (χ0n) is 18.3. The molecule has 0 bridgehead atoms. The van der Waals surface area contributed by atoms with Crippen LogP contribution in [0.25, 0.3) is 16.5 Å². The van der Waals surface area contributed by atoms with Crippen LogP contribution in [-0.2, 0) is 19.1 Å². The fourth-order valence-corrected chi connectivity index (χ4v) is 4.73. The topological polar surface area (TPSA) is 140 Å².